The van der Waals surface area contributed by atoms with Crippen LogP contribution in [0.2, 0.25) is 5.02 Å². The van der Waals surface area contributed by atoms with Crippen molar-refractivity contribution in [3.63, 3.8) is 0 Å². The number of anilines is 2. The zero-order valence-electron chi connectivity index (χ0n) is 10.2. The monoisotopic (exact) mass is 396 g/mol. The Bertz CT molecular complexity index is 815. The molecule has 2 rings (SSSR count). The first-order valence-corrected chi connectivity index (χ1v) is 8.08. The molecule has 0 fully saturated rings. The Kier molecular flexibility index (Phi) is 4.40. The van der Waals surface area contributed by atoms with Gasteiger partial charge in [0, 0.05) is 10.2 Å². The van der Waals surface area contributed by atoms with E-state index in [0.717, 1.165) is 24.3 Å². The molecule has 0 amide bonds. The van der Waals surface area contributed by atoms with Crippen LogP contribution in [-0.4, -0.2) is 8.42 Å². The summed E-state index contributed by atoms with van der Waals surface area (Å²) < 4.78 is 53.4. The highest BCUT2D eigenvalue weighted by molar-refractivity contribution is 9.10. The first kappa shape index (κ1) is 16.0. The van der Waals surface area contributed by atoms with Crippen LogP contribution in [0.3, 0.4) is 0 Å². The Balaban J connectivity index is 2.43. The molecule has 0 saturated carbocycles. The van der Waals surface area contributed by atoms with Crippen molar-refractivity contribution in [3.05, 3.63) is 51.5 Å². The van der Waals surface area contributed by atoms with E-state index in [1.54, 1.807) is 0 Å². The van der Waals surface area contributed by atoms with Gasteiger partial charge in [0.15, 0.2) is 0 Å². The van der Waals surface area contributed by atoms with E-state index >= 15 is 0 Å². The second kappa shape index (κ2) is 5.78. The summed E-state index contributed by atoms with van der Waals surface area (Å²) in [5.74, 6) is -1.67. The van der Waals surface area contributed by atoms with Crippen molar-refractivity contribution in [2.24, 2.45) is 0 Å². The SMILES string of the molecule is Nc1cc(S(=O)(=O)Nc2ccc(F)c(Cl)c2)c(F)cc1Br. The van der Waals surface area contributed by atoms with Crippen LogP contribution in [0, 0.1) is 11.6 Å². The lowest BCUT2D eigenvalue weighted by atomic mass is 10.3. The highest BCUT2D eigenvalue weighted by Crippen LogP contribution is 2.28. The van der Waals surface area contributed by atoms with Crippen molar-refractivity contribution in [1.82, 2.24) is 0 Å². The minimum atomic E-state index is -4.22. The summed E-state index contributed by atoms with van der Waals surface area (Å²) in [6, 6.07) is 5.16. The van der Waals surface area contributed by atoms with Crippen LogP contribution >= 0.6 is 27.5 Å². The van der Waals surface area contributed by atoms with Gasteiger partial charge in [-0.2, -0.15) is 0 Å². The number of hydrogen-bond donors (Lipinski definition) is 2. The maximum atomic E-state index is 13.8. The highest BCUT2D eigenvalue weighted by Gasteiger charge is 2.21. The predicted molar refractivity (Wildman–Crippen MR) is 80.7 cm³/mol. The van der Waals surface area contributed by atoms with Crippen LogP contribution < -0.4 is 10.5 Å². The average molecular weight is 398 g/mol. The number of nitrogen functional groups attached to an aromatic ring is 1. The lowest BCUT2D eigenvalue weighted by molar-refractivity contribution is 0.570. The highest BCUT2D eigenvalue weighted by atomic mass is 79.9. The minimum absolute atomic E-state index is 0.00212. The second-order valence-corrected chi connectivity index (χ2v) is 6.95. The van der Waals surface area contributed by atoms with Crippen molar-refractivity contribution < 1.29 is 17.2 Å². The average Bonchev–Trinajstić information content (AvgIpc) is 2.37. The van der Waals surface area contributed by atoms with E-state index in [4.69, 9.17) is 17.3 Å². The summed E-state index contributed by atoms with van der Waals surface area (Å²) in [4.78, 5) is -0.622. The molecule has 0 atom stereocenters. The maximum absolute atomic E-state index is 13.8. The smallest absolute Gasteiger partial charge is 0.264 e. The lowest BCUT2D eigenvalue weighted by Gasteiger charge is -2.10. The Hall–Kier alpha value is -1.38. The maximum Gasteiger partial charge on any atom is 0.264 e. The molecule has 112 valence electrons. The van der Waals surface area contributed by atoms with Gasteiger partial charge in [0.25, 0.3) is 10.0 Å². The molecule has 2 aromatic rings. The van der Waals surface area contributed by atoms with Gasteiger partial charge in [0.05, 0.1) is 10.7 Å². The first-order valence-electron chi connectivity index (χ1n) is 5.43. The van der Waals surface area contributed by atoms with Crippen LogP contribution in [0.15, 0.2) is 39.7 Å². The summed E-state index contributed by atoms with van der Waals surface area (Å²) in [6.45, 7) is 0. The number of rotatable bonds is 3. The molecule has 0 bridgehead atoms. The molecule has 21 heavy (non-hydrogen) atoms. The molecule has 2 aromatic carbocycles. The van der Waals surface area contributed by atoms with Gasteiger partial charge in [-0.05, 0) is 46.3 Å². The van der Waals surface area contributed by atoms with Gasteiger partial charge < -0.3 is 5.73 Å². The summed E-state index contributed by atoms with van der Waals surface area (Å²) >= 11 is 8.55. The molecule has 0 aromatic heterocycles. The van der Waals surface area contributed by atoms with Gasteiger partial charge in [0.2, 0.25) is 0 Å². The Morgan fingerprint density at radius 1 is 1.14 bits per heavy atom. The van der Waals surface area contributed by atoms with Gasteiger partial charge in [-0.1, -0.05) is 11.6 Å². The zero-order valence-corrected chi connectivity index (χ0v) is 13.4. The molecule has 0 aliphatic rings. The molecule has 0 spiro atoms. The number of hydrogen-bond acceptors (Lipinski definition) is 3. The summed E-state index contributed by atoms with van der Waals surface area (Å²) in [5.41, 5.74) is 5.61. The normalized spacial score (nSPS) is 11.4. The first-order chi connectivity index (χ1) is 9.70. The number of benzene rings is 2. The van der Waals surface area contributed by atoms with E-state index in [-0.39, 0.29) is 20.9 Å². The number of sulfonamides is 1. The zero-order chi connectivity index (χ0) is 15.8. The van der Waals surface area contributed by atoms with Crippen molar-refractivity contribution in [1.29, 1.82) is 0 Å². The third-order valence-electron chi connectivity index (χ3n) is 2.51. The van der Waals surface area contributed by atoms with Crippen LogP contribution in [-0.2, 0) is 10.0 Å². The third-order valence-corrected chi connectivity index (χ3v) is 4.89. The molecular weight excluding hydrogens is 390 g/mol. The van der Waals surface area contributed by atoms with E-state index in [0.29, 0.717) is 0 Å². The molecule has 0 unspecified atom stereocenters. The Morgan fingerprint density at radius 3 is 2.43 bits per heavy atom. The minimum Gasteiger partial charge on any atom is -0.398 e. The fourth-order valence-corrected chi connectivity index (χ4v) is 3.16. The molecule has 0 heterocycles. The summed E-state index contributed by atoms with van der Waals surface area (Å²) in [5, 5.41) is -0.258. The molecule has 3 N–H and O–H groups in total. The van der Waals surface area contributed by atoms with Crippen molar-refractivity contribution in [3.8, 4) is 0 Å². The van der Waals surface area contributed by atoms with E-state index in [9.17, 15) is 17.2 Å². The fourth-order valence-electron chi connectivity index (χ4n) is 1.52. The quantitative estimate of drug-likeness (QED) is 0.775. The molecule has 4 nitrogen and oxygen atoms in total. The standard InChI is InChI=1S/C12H8BrClF2N2O2S/c13-7-4-10(16)12(5-11(7)17)21(19,20)18-6-1-2-9(15)8(14)3-6/h1-5,18H,17H2. The second-order valence-electron chi connectivity index (χ2n) is 4.04. The topological polar surface area (TPSA) is 72.2 Å². The van der Waals surface area contributed by atoms with Crippen LogP contribution in [0.5, 0.6) is 0 Å². The van der Waals surface area contributed by atoms with Crippen molar-refractivity contribution in [2.75, 3.05) is 10.5 Å². The van der Waals surface area contributed by atoms with Crippen LogP contribution in [0.1, 0.15) is 0 Å². The fraction of sp³-hybridized carbons (Fsp3) is 0. The largest absolute Gasteiger partial charge is 0.398 e. The van der Waals surface area contributed by atoms with Crippen LogP contribution in [0.25, 0.3) is 0 Å². The predicted octanol–water partition coefficient (Wildman–Crippen LogP) is 3.76. The lowest BCUT2D eigenvalue weighted by Crippen LogP contribution is -2.15. The van der Waals surface area contributed by atoms with Crippen molar-refractivity contribution in [2.45, 2.75) is 4.90 Å². The summed E-state index contributed by atoms with van der Waals surface area (Å²) in [7, 11) is -4.22. The number of halogens is 4. The van der Waals surface area contributed by atoms with Gasteiger partial charge >= 0.3 is 0 Å². The number of nitrogens with two attached hydrogens (primary N) is 1. The summed E-state index contributed by atoms with van der Waals surface area (Å²) in [6.07, 6.45) is 0. The Morgan fingerprint density at radius 2 is 1.81 bits per heavy atom. The molecule has 0 aliphatic heterocycles. The molecule has 9 heteroatoms. The van der Waals surface area contributed by atoms with Crippen molar-refractivity contribution >= 4 is 48.9 Å². The van der Waals surface area contributed by atoms with E-state index < -0.39 is 26.6 Å². The van der Waals surface area contributed by atoms with E-state index in [2.05, 4.69) is 20.7 Å². The van der Waals surface area contributed by atoms with Gasteiger partial charge in [-0.3, -0.25) is 4.72 Å². The molecular formula is C12H8BrClF2N2O2S. The molecule has 0 aliphatic carbocycles. The van der Waals surface area contributed by atoms with Crippen LogP contribution in [0.4, 0.5) is 20.2 Å². The van der Waals surface area contributed by atoms with E-state index in [1.165, 1.54) is 6.07 Å². The van der Waals surface area contributed by atoms with E-state index in [1.807, 2.05) is 0 Å². The molecule has 0 radical (unpaired) electrons. The molecule has 0 saturated heterocycles. The number of nitrogens with one attached hydrogen (secondary N) is 1. The van der Waals surface area contributed by atoms with Gasteiger partial charge in [-0.25, -0.2) is 17.2 Å². The van der Waals surface area contributed by atoms with Gasteiger partial charge in [-0.15, -0.1) is 0 Å². The Labute approximate surface area is 133 Å². The van der Waals surface area contributed by atoms with Gasteiger partial charge in [0.1, 0.15) is 16.5 Å². The third kappa shape index (κ3) is 3.45.